The van der Waals surface area contributed by atoms with E-state index in [1.165, 1.54) is 0 Å². The van der Waals surface area contributed by atoms with Gasteiger partial charge in [-0.2, -0.15) is 0 Å². The van der Waals surface area contributed by atoms with Crippen molar-refractivity contribution in [2.45, 2.75) is 0 Å². The van der Waals surface area contributed by atoms with Gasteiger partial charge >= 0.3 is 0 Å². The lowest BCUT2D eigenvalue weighted by molar-refractivity contribution is 1.32. The molecule has 0 aliphatic carbocycles. The van der Waals surface area contributed by atoms with Crippen molar-refractivity contribution >= 4 is 44.6 Å². The van der Waals surface area contributed by atoms with Crippen molar-refractivity contribution in [3.8, 4) is 10.4 Å². The van der Waals surface area contributed by atoms with Gasteiger partial charge in [0.25, 0.3) is 0 Å². The summed E-state index contributed by atoms with van der Waals surface area (Å²) >= 11 is 10.7. The molecule has 72 valence electrons. The molecule has 0 amide bonds. The van der Waals surface area contributed by atoms with Gasteiger partial charge in [0.2, 0.25) is 0 Å². The molecule has 0 aromatic carbocycles. The predicted octanol–water partition coefficient (Wildman–Crippen LogP) is 3.81. The van der Waals surface area contributed by atoms with E-state index >= 15 is 0 Å². The first-order valence-electron chi connectivity index (χ1n) is 3.83. The Bertz CT molecular complexity index is 456. The van der Waals surface area contributed by atoms with Crippen molar-refractivity contribution in [3.63, 3.8) is 0 Å². The maximum absolute atomic E-state index is 5.91. The van der Waals surface area contributed by atoms with Crippen LogP contribution in [0.2, 0.25) is 5.15 Å². The highest BCUT2D eigenvalue weighted by Crippen LogP contribution is 2.36. The zero-order chi connectivity index (χ0) is 10.1. The van der Waals surface area contributed by atoms with Gasteiger partial charge in [0.15, 0.2) is 0 Å². The van der Waals surface area contributed by atoms with Gasteiger partial charge in [-0.15, -0.1) is 11.3 Å². The van der Waals surface area contributed by atoms with E-state index in [1.54, 1.807) is 17.5 Å². The third-order valence-corrected chi connectivity index (χ3v) is 4.02. The molecule has 2 N–H and O–H groups in total. The molecule has 0 aliphatic rings. The van der Waals surface area contributed by atoms with Gasteiger partial charge in [-0.1, -0.05) is 17.7 Å². The molecule has 2 aromatic heterocycles. The lowest BCUT2D eigenvalue weighted by atomic mass is 10.2. The Labute approximate surface area is 98.9 Å². The number of rotatable bonds is 1. The van der Waals surface area contributed by atoms with Crippen molar-refractivity contribution in [3.05, 3.63) is 33.3 Å². The number of hydrogen-bond donors (Lipinski definition) is 1. The van der Waals surface area contributed by atoms with E-state index in [0.29, 0.717) is 15.3 Å². The molecule has 14 heavy (non-hydrogen) atoms. The first-order chi connectivity index (χ1) is 6.70. The molecule has 0 aliphatic heterocycles. The van der Waals surface area contributed by atoms with E-state index < -0.39 is 0 Å². The van der Waals surface area contributed by atoms with Crippen LogP contribution in [0, 0.1) is 0 Å². The van der Waals surface area contributed by atoms with E-state index in [1.807, 2.05) is 17.5 Å². The number of thiophene rings is 1. The van der Waals surface area contributed by atoms with E-state index in [4.69, 9.17) is 17.3 Å². The normalized spacial score (nSPS) is 10.4. The number of halogens is 2. The highest BCUT2D eigenvalue weighted by molar-refractivity contribution is 9.10. The first-order valence-corrected chi connectivity index (χ1v) is 5.88. The van der Waals surface area contributed by atoms with Crippen LogP contribution >= 0.6 is 38.9 Å². The van der Waals surface area contributed by atoms with Gasteiger partial charge < -0.3 is 5.73 Å². The number of nitrogens with two attached hydrogens (primary N) is 1. The summed E-state index contributed by atoms with van der Waals surface area (Å²) in [5.74, 6) is 0. The lowest BCUT2D eigenvalue weighted by Gasteiger charge is -2.05. The fourth-order valence-electron chi connectivity index (χ4n) is 1.10. The summed E-state index contributed by atoms with van der Waals surface area (Å²) in [7, 11) is 0. The van der Waals surface area contributed by atoms with E-state index in [9.17, 15) is 0 Å². The molecule has 0 atom stereocenters. The summed E-state index contributed by atoms with van der Waals surface area (Å²) in [4.78, 5) is 5.13. The molecule has 5 heteroatoms. The summed E-state index contributed by atoms with van der Waals surface area (Å²) in [5.41, 5.74) is 7.46. The van der Waals surface area contributed by atoms with Crippen LogP contribution in [-0.2, 0) is 0 Å². The van der Waals surface area contributed by atoms with Crippen LogP contribution in [-0.4, -0.2) is 4.98 Å². The number of anilines is 1. The van der Waals surface area contributed by atoms with Crippen LogP contribution in [0.3, 0.4) is 0 Å². The van der Waals surface area contributed by atoms with Crippen molar-refractivity contribution in [2.75, 3.05) is 5.73 Å². The molecule has 0 radical (unpaired) electrons. The topological polar surface area (TPSA) is 38.9 Å². The van der Waals surface area contributed by atoms with E-state index in [2.05, 4.69) is 20.9 Å². The standard InChI is InChI=1S/C9H6BrClN2S/c10-7-8(12)5(4-13-9(7)11)6-2-1-3-14-6/h1-4H,(H2,12,13). The number of hydrogen-bond acceptors (Lipinski definition) is 3. The third kappa shape index (κ3) is 1.65. The summed E-state index contributed by atoms with van der Waals surface area (Å²) in [6.45, 7) is 0. The molecule has 2 nitrogen and oxygen atoms in total. The predicted molar refractivity (Wildman–Crippen MR) is 64.7 cm³/mol. The van der Waals surface area contributed by atoms with Gasteiger partial charge in [0.05, 0.1) is 10.2 Å². The molecule has 0 bridgehead atoms. The average molecular weight is 290 g/mol. The highest BCUT2D eigenvalue weighted by Gasteiger charge is 2.10. The fraction of sp³-hybridized carbons (Fsp3) is 0. The van der Waals surface area contributed by atoms with Gasteiger partial charge in [-0.3, -0.25) is 0 Å². The fourth-order valence-corrected chi connectivity index (χ4v) is 2.32. The molecule has 0 saturated heterocycles. The number of nitrogen functional groups attached to an aromatic ring is 1. The minimum atomic E-state index is 0.391. The molecule has 2 heterocycles. The monoisotopic (exact) mass is 288 g/mol. The number of pyridine rings is 1. The summed E-state index contributed by atoms with van der Waals surface area (Å²) in [6.07, 6.45) is 1.69. The molecule has 0 unspecified atom stereocenters. The Balaban J connectivity index is 2.61. The highest BCUT2D eigenvalue weighted by atomic mass is 79.9. The Morgan fingerprint density at radius 1 is 1.50 bits per heavy atom. The van der Waals surface area contributed by atoms with Gasteiger partial charge in [0.1, 0.15) is 5.15 Å². The average Bonchev–Trinajstić information content (AvgIpc) is 2.67. The SMILES string of the molecule is Nc1c(-c2cccs2)cnc(Cl)c1Br. The van der Waals surface area contributed by atoms with Crippen LogP contribution in [0.4, 0.5) is 5.69 Å². The van der Waals surface area contributed by atoms with Crippen molar-refractivity contribution in [1.29, 1.82) is 0 Å². The second-order valence-electron chi connectivity index (χ2n) is 2.67. The largest absolute Gasteiger partial charge is 0.397 e. The van der Waals surface area contributed by atoms with Crippen LogP contribution in [0.25, 0.3) is 10.4 Å². The third-order valence-electron chi connectivity index (χ3n) is 1.80. The van der Waals surface area contributed by atoms with Crippen molar-refractivity contribution in [1.82, 2.24) is 4.98 Å². The quantitative estimate of drug-likeness (QED) is 0.811. The molecule has 0 saturated carbocycles. The Morgan fingerprint density at radius 2 is 2.29 bits per heavy atom. The molecular weight excluding hydrogens is 284 g/mol. The minimum absolute atomic E-state index is 0.391. The summed E-state index contributed by atoms with van der Waals surface area (Å²) in [5, 5.41) is 2.39. The lowest BCUT2D eigenvalue weighted by Crippen LogP contribution is -1.92. The summed E-state index contributed by atoms with van der Waals surface area (Å²) in [6, 6.07) is 3.97. The number of nitrogens with zero attached hydrogens (tertiary/aromatic N) is 1. The molecule has 2 aromatic rings. The van der Waals surface area contributed by atoms with Crippen LogP contribution in [0.5, 0.6) is 0 Å². The minimum Gasteiger partial charge on any atom is -0.397 e. The number of aromatic nitrogens is 1. The van der Waals surface area contributed by atoms with Crippen LogP contribution in [0.1, 0.15) is 0 Å². The maximum Gasteiger partial charge on any atom is 0.145 e. The van der Waals surface area contributed by atoms with Crippen LogP contribution < -0.4 is 5.73 Å². The smallest absolute Gasteiger partial charge is 0.145 e. The zero-order valence-electron chi connectivity index (χ0n) is 7.00. The summed E-state index contributed by atoms with van der Waals surface area (Å²) < 4.78 is 0.657. The molecule has 0 spiro atoms. The Hall–Kier alpha value is -0.580. The molecule has 2 rings (SSSR count). The van der Waals surface area contributed by atoms with Crippen molar-refractivity contribution in [2.24, 2.45) is 0 Å². The maximum atomic E-state index is 5.91. The molecular formula is C9H6BrClN2S. The second kappa shape index (κ2) is 3.88. The second-order valence-corrected chi connectivity index (χ2v) is 4.77. The van der Waals surface area contributed by atoms with Gasteiger partial charge in [-0.05, 0) is 27.4 Å². The Kier molecular flexibility index (Phi) is 2.76. The van der Waals surface area contributed by atoms with Crippen LogP contribution in [0.15, 0.2) is 28.2 Å². The van der Waals surface area contributed by atoms with Gasteiger partial charge in [0, 0.05) is 16.6 Å². The first kappa shape index (κ1) is 9.96. The zero-order valence-corrected chi connectivity index (χ0v) is 10.2. The van der Waals surface area contributed by atoms with Crippen molar-refractivity contribution < 1.29 is 0 Å². The van der Waals surface area contributed by atoms with Gasteiger partial charge in [-0.25, -0.2) is 4.98 Å². The van der Waals surface area contributed by atoms with E-state index in [0.717, 1.165) is 10.4 Å². The molecule has 0 fully saturated rings. The van der Waals surface area contributed by atoms with E-state index in [-0.39, 0.29) is 0 Å². The Morgan fingerprint density at radius 3 is 2.93 bits per heavy atom.